The third-order valence-electron chi connectivity index (χ3n) is 4.67. The molecule has 0 bridgehead atoms. The van der Waals surface area contributed by atoms with E-state index in [0.717, 1.165) is 45.0 Å². The molecule has 1 aromatic heterocycles. The minimum atomic E-state index is 0.408. The molecule has 4 rings (SSSR count). The van der Waals surface area contributed by atoms with Crippen LogP contribution < -0.4 is 10.1 Å². The highest BCUT2D eigenvalue weighted by atomic mass is 16.6. The number of hydrogen-bond acceptors (Lipinski definition) is 6. The summed E-state index contributed by atoms with van der Waals surface area (Å²) in [5.74, 6) is 1.46. The number of anilines is 2. The molecule has 0 saturated heterocycles. The Labute approximate surface area is 175 Å². The SMILES string of the molecule is COc1ccc(Nc2ncnc3ccccc23)cc1/C(C)=N\OCc1ccccc1. The van der Waals surface area contributed by atoms with Gasteiger partial charge in [-0.2, -0.15) is 0 Å². The fourth-order valence-corrected chi connectivity index (χ4v) is 3.14. The van der Waals surface area contributed by atoms with Gasteiger partial charge in [-0.3, -0.25) is 0 Å². The highest BCUT2D eigenvalue weighted by Gasteiger charge is 2.10. The lowest BCUT2D eigenvalue weighted by molar-refractivity contribution is 0.130. The van der Waals surface area contributed by atoms with Gasteiger partial charge in [-0.1, -0.05) is 47.6 Å². The number of para-hydroxylation sites is 1. The molecule has 0 saturated carbocycles. The quantitative estimate of drug-likeness (QED) is 0.337. The van der Waals surface area contributed by atoms with Crippen molar-refractivity contribution in [3.8, 4) is 5.75 Å². The van der Waals surface area contributed by atoms with Crippen molar-refractivity contribution in [2.24, 2.45) is 5.16 Å². The van der Waals surface area contributed by atoms with Gasteiger partial charge >= 0.3 is 0 Å². The standard InChI is InChI=1S/C24H22N4O2/c1-17(28-30-15-18-8-4-3-5-9-18)21-14-19(12-13-23(21)29-2)27-24-20-10-6-7-11-22(20)25-16-26-24/h3-14,16H,15H2,1-2H3,(H,25,26,27)/b28-17-. The maximum atomic E-state index is 5.54. The van der Waals surface area contributed by atoms with Crippen LogP contribution in [0.4, 0.5) is 11.5 Å². The predicted octanol–water partition coefficient (Wildman–Crippen LogP) is 5.32. The van der Waals surface area contributed by atoms with E-state index in [4.69, 9.17) is 9.57 Å². The minimum absolute atomic E-state index is 0.408. The molecule has 30 heavy (non-hydrogen) atoms. The summed E-state index contributed by atoms with van der Waals surface area (Å²) in [4.78, 5) is 14.2. The Bertz CT molecular complexity index is 1170. The van der Waals surface area contributed by atoms with Gasteiger partial charge in [0.25, 0.3) is 0 Å². The summed E-state index contributed by atoms with van der Waals surface area (Å²) in [6.45, 7) is 2.30. The van der Waals surface area contributed by atoms with E-state index in [2.05, 4.69) is 20.4 Å². The monoisotopic (exact) mass is 398 g/mol. The topological polar surface area (TPSA) is 68.6 Å². The van der Waals surface area contributed by atoms with Crippen LogP contribution in [0.15, 0.2) is 84.3 Å². The van der Waals surface area contributed by atoms with Crippen LogP contribution in [0, 0.1) is 0 Å². The molecule has 0 aliphatic carbocycles. The number of nitrogens with zero attached hydrogens (tertiary/aromatic N) is 3. The van der Waals surface area contributed by atoms with E-state index >= 15 is 0 Å². The third kappa shape index (κ3) is 4.38. The number of oxime groups is 1. The van der Waals surface area contributed by atoms with Crippen LogP contribution in [-0.2, 0) is 11.4 Å². The van der Waals surface area contributed by atoms with Gasteiger partial charge in [-0.15, -0.1) is 0 Å². The zero-order chi connectivity index (χ0) is 20.8. The van der Waals surface area contributed by atoms with E-state index in [1.807, 2.05) is 79.7 Å². The first-order valence-electron chi connectivity index (χ1n) is 9.60. The molecular weight excluding hydrogens is 376 g/mol. The highest BCUT2D eigenvalue weighted by Crippen LogP contribution is 2.27. The molecule has 0 amide bonds. The predicted molar refractivity (Wildman–Crippen MR) is 119 cm³/mol. The van der Waals surface area contributed by atoms with Crippen molar-refractivity contribution in [2.75, 3.05) is 12.4 Å². The number of aromatic nitrogens is 2. The summed E-state index contributed by atoms with van der Waals surface area (Å²) < 4.78 is 5.52. The molecule has 150 valence electrons. The molecule has 3 aromatic carbocycles. The van der Waals surface area contributed by atoms with E-state index in [1.54, 1.807) is 13.4 Å². The Morgan fingerprint density at radius 2 is 1.77 bits per heavy atom. The number of rotatable bonds is 7. The average Bonchev–Trinajstić information content (AvgIpc) is 2.80. The van der Waals surface area contributed by atoms with Crippen molar-refractivity contribution in [2.45, 2.75) is 13.5 Å². The summed E-state index contributed by atoms with van der Waals surface area (Å²) in [5, 5.41) is 8.61. The van der Waals surface area contributed by atoms with Gasteiger partial charge in [0.15, 0.2) is 0 Å². The fourth-order valence-electron chi connectivity index (χ4n) is 3.14. The van der Waals surface area contributed by atoms with E-state index in [-0.39, 0.29) is 0 Å². The van der Waals surface area contributed by atoms with Crippen LogP contribution in [0.25, 0.3) is 10.9 Å². The molecule has 6 nitrogen and oxygen atoms in total. The lowest BCUT2D eigenvalue weighted by Gasteiger charge is -2.13. The largest absolute Gasteiger partial charge is 0.496 e. The van der Waals surface area contributed by atoms with E-state index in [0.29, 0.717) is 6.61 Å². The number of hydrogen-bond donors (Lipinski definition) is 1. The molecule has 0 aliphatic heterocycles. The Balaban J connectivity index is 1.57. The second-order valence-electron chi connectivity index (χ2n) is 6.72. The number of benzene rings is 3. The fraction of sp³-hybridized carbons (Fsp3) is 0.125. The maximum absolute atomic E-state index is 5.54. The van der Waals surface area contributed by atoms with Crippen molar-refractivity contribution in [3.05, 3.63) is 90.3 Å². The number of methoxy groups -OCH3 is 1. The van der Waals surface area contributed by atoms with Gasteiger partial charge in [0, 0.05) is 16.6 Å². The molecule has 0 spiro atoms. The summed E-state index contributed by atoms with van der Waals surface area (Å²) in [7, 11) is 1.64. The van der Waals surface area contributed by atoms with Gasteiger partial charge in [0.2, 0.25) is 0 Å². The molecule has 0 atom stereocenters. The summed E-state index contributed by atoms with van der Waals surface area (Å²) in [6.07, 6.45) is 1.55. The molecule has 0 aliphatic rings. The Morgan fingerprint density at radius 3 is 2.60 bits per heavy atom. The first-order chi connectivity index (χ1) is 14.7. The van der Waals surface area contributed by atoms with Gasteiger partial charge in [0.05, 0.1) is 18.3 Å². The summed E-state index contributed by atoms with van der Waals surface area (Å²) in [5.41, 5.74) is 4.38. The first kappa shape index (κ1) is 19.4. The van der Waals surface area contributed by atoms with Crippen molar-refractivity contribution in [3.63, 3.8) is 0 Å². The molecule has 6 heteroatoms. The second kappa shape index (κ2) is 9.05. The lowest BCUT2D eigenvalue weighted by Crippen LogP contribution is -2.03. The molecular formula is C24H22N4O2. The van der Waals surface area contributed by atoms with Gasteiger partial charge < -0.3 is 14.9 Å². The Morgan fingerprint density at radius 1 is 0.967 bits per heavy atom. The van der Waals surface area contributed by atoms with Crippen molar-refractivity contribution >= 4 is 28.1 Å². The average molecular weight is 398 g/mol. The molecule has 4 aromatic rings. The molecule has 0 radical (unpaired) electrons. The zero-order valence-electron chi connectivity index (χ0n) is 16.9. The van der Waals surface area contributed by atoms with Crippen molar-refractivity contribution in [1.29, 1.82) is 0 Å². The normalized spacial score (nSPS) is 11.3. The van der Waals surface area contributed by atoms with Crippen LogP contribution in [0.1, 0.15) is 18.1 Å². The minimum Gasteiger partial charge on any atom is -0.496 e. The summed E-state index contributed by atoms with van der Waals surface area (Å²) >= 11 is 0. The number of fused-ring (bicyclic) bond motifs is 1. The van der Waals surface area contributed by atoms with Gasteiger partial charge in [-0.25, -0.2) is 9.97 Å². The Hall–Kier alpha value is -3.93. The zero-order valence-corrected chi connectivity index (χ0v) is 16.9. The molecule has 0 fully saturated rings. The van der Waals surface area contributed by atoms with Crippen LogP contribution >= 0.6 is 0 Å². The van der Waals surface area contributed by atoms with Crippen molar-refractivity contribution in [1.82, 2.24) is 9.97 Å². The van der Waals surface area contributed by atoms with E-state index < -0.39 is 0 Å². The number of nitrogens with one attached hydrogen (secondary N) is 1. The van der Waals surface area contributed by atoms with Crippen LogP contribution in [0.2, 0.25) is 0 Å². The molecule has 0 unspecified atom stereocenters. The molecule has 1 heterocycles. The Kier molecular flexibility index (Phi) is 5.85. The molecule has 1 N–H and O–H groups in total. The van der Waals surface area contributed by atoms with Gasteiger partial charge in [0.1, 0.15) is 24.5 Å². The van der Waals surface area contributed by atoms with Crippen molar-refractivity contribution < 1.29 is 9.57 Å². The van der Waals surface area contributed by atoms with Crippen LogP contribution in [0.5, 0.6) is 5.75 Å². The smallest absolute Gasteiger partial charge is 0.142 e. The van der Waals surface area contributed by atoms with Crippen LogP contribution in [0.3, 0.4) is 0 Å². The first-order valence-corrected chi connectivity index (χ1v) is 9.60. The maximum Gasteiger partial charge on any atom is 0.142 e. The highest BCUT2D eigenvalue weighted by molar-refractivity contribution is 6.02. The number of ether oxygens (including phenoxy) is 1. The van der Waals surface area contributed by atoms with Crippen LogP contribution in [-0.4, -0.2) is 22.8 Å². The lowest BCUT2D eigenvalue weighted by atomic mass is 10.1. The van der Waals surface area contributed by atoms with Gasteiger partial charge in [-0.05, 0) is 42.8 Å². The third-order valence-corrected chi connectivity index (χ3v) is 4.67. The summed E-state index contributed by atoms with van der Waals surface area (Å²) in [6, 6.07) is 23.6. The van der Waals surface area contributed by atoms with E-state index in [1.165, 1.54) is 0 Å². The van der Waals surface area contributed by atoms with E-state index in [9.17, 15) is 0 Å². The second-order valence-corrected chi connectivity index (χ2v) is 6.72.